The van der Waals surface area contributed by atoms with Gasteiger partial charge in [-0.1, -0.05) is 15.9 Å². The van der Waals surface area contributed by atoms with Crippen molar-refractivity contribution in [2.24, 2.45) is 0 Å². The molecule has 0 aliphatic carbocycles. The molecule has 1 aromatic carbocycles. The first-order valence-corrected chi connectivity index (χ1v) is 6.72. The van der Waals surface area contributed by atoms with Crippen molar-refractivity contribution in [3.63, 3.8) is 0 Å². The van der Waals surface area contributed by atoms with Gasteiger partial charge in [0.05, 0.1) is 0 Å². The SMILES string of the molecule is CNC(Cc1ccnc(N)c1)c1cc(F)ccc1Br. The number of benzene rings is 1. The Kier molecular flexibility index (Phi) is 4.50. The zero-order valence-corrected chi connectivity index (χ0v) is 12.1. The van der Waals surface area contributed by atoms with Crippen LogP contribution in [0.15, 0.2) is 41.0 Å². The quantitative estimate of drug-likeness (QED) is 0.909. The maximum absolute atomic E-state index is 13.4. The molecule has 1 unspecified atom stereocenters. The van der Waals surface area contributed by atoms with Crippen LogP contribution in [0.25, 0.3) is 0 Å². The Balaban J connectivity index is 2.27. The monoisotopic (exact) mass is 323 g/mol. The summed E-state index contributed by atoms with van der Waals surface area (Å²) in [6.45, 7) is 0. The summed E-state index contributed by atoms with van der Waals surface area (Å²) < 4.78 is 14.3. The Hall–Kier alpha value is -1.46. The van der Waals surface area contributed by atoms with Gasteiger partial charge in [0, 0.05) is 16.7 Å². The predicted octanol–water partition coefficient (Wildman–Crippen LogP) is 3.07. The number of nitrogen functional groups attached to an aromatic ring is 1. The molecule has 3 nitrogen and oxygen atoms in total. The van der Waals surface area contributed by atoms with Gasteiger partial charge in [0.1, 0.15) is 11.6 Å². The van der Waals surface area contributed by atoms with Gasteiger partial charge in [-0.25, -0.2) is 9.37 Å². The Morgan fingerprint density at radius 1 is 1.37 bits per heavy atom. The number of aromatic nitrogens is 1. The van der Waals surface area contributed by atoms with Gasteiger partial charge in [0.25, 0.3) is 0 Å². The molecule has 0 radical (unpaired) electrons. The van der Waals surface area contributed by atoms with E-state index in [0.717, 1.165) is 15.6 Å². The van der Waals surface area contributed by atoms with Crippen LogP contribution in [0.4, 0.5) is 10.2 Å². The van der Waals surface area contributed by atoms with Crippen LogP contribution in [0.2, 0.25) is 0 Å². The van der Waals surface area contributed by atoms with Gasteiger partial charge < -0.3 is 11.1 Å². The molecule has 2 aromatic rings. The van der Waals surface area contributed by atoms with Crippen molar-refractivity contribution in [3.8, 4) is 0 Å². The number of nitrogens with two attached hydrogens (primary N) is 1. The van der Waals surface area contributed by atoms with Crippen molar-refractivity contribution >= 4 is 21.7 Å². The van der Waals surface area contributed by atoms with Gasteiger partial charge in [0.2, 0.25) is 0 Å². The molecule has 2 rings (SSSR count). The van der Waals surface area contributed by atoms with Crippen LogP contribution >= 0.6 is 15.9 Å². The minimum Gasteiger partial charge on any atom is -0.384 e. The van der Waals surface area contributed by atoms with E-state index in [2.05, 4.69) is 26.2 Å². The fourth-order valence-electron chi connectivity index (χ4n) is 2.01. The fourth-order valence-corrected chi connectivity index (χ4v) is 2.53. The number of halogens is 2. The van der Waals surface area contributed by atoms with Crippen molar-refractivity contribution in [1.82, 2.24) is 10.3 Å². The largest absolute Gasteiger partial charge is 0.384 e. The molecule has 0 aliphatic heterocycles. The van der Waals surface area contributed by atoms with E-state index in [4.69, 9.17) is 5.73 Å². The zero-order chi connectivity index (χ0) is 13.8. The predicted molar refractivity (Wildman–Crippen MR) is 78.3 cm³/mol. The topological polar surface area (TPSA) is 50.9 Å². The van der Waals surface area contributed by atoms with E-state index in [0.29, 0.717) is 12.2 Å². The molecule has 19 heavy (non-hydrogen) atoms. The number of hydrogen-bond donors (Lipinski definition) is 2. The van der Waals surface area contributed by atoms with Crippen molar-refractivity contribution in [2.45, 2.75) is 12.5 Å². The molecule has 0 fully saturated rings. The molecule has 0 saturated carbocycles. The zero-order valence-electron chi connectivity index (χ0n) is 10.5. The summed E-state index contributed by atoms with van der Waals surface area (Å²) >= 11 is 3.46. The number of hydrogen-bond acceptors (Lipinski definition) is 3. The summed E-state index contributed by atoms with van der Waals surface area (Å²) in [6.07, 6.45) is 2.39. The fraction of sp³-hybridized carbons (Fsp3) is 0.214. The van der Waals surface area contributed by atoms with E-state index in [1.54, 1.807) is 12.3 Å². The Labute approximate surface area is 120 Å². The second kappa shape index (κ2) is 6.12. The van der Waals surface area contributed by atoms with Crippen LogP contribution in [-0.2, 0) is 6.42 Å². The molecule has 100 valence electrons. The van der Waals surface area contributed by atoms with Crippen molar-refractivity contribution in [3.05, 3.63) is 57.9 Å². The highest BCUT2D eigenvalue weighted by Gasteiger charge is 2.14. The van der Waals surface area contributed by atoms with Gasteiger partial charge in [-0.15, -0.1) is 0 Å². The third-order valence-electron chi connectivity index (χ3n) is 2.97. The second-order valence-electron chi connectivity index (χ2n) is 4.30. The lowest BCUT2D eigenvalue weighted by atomic mass is 9.99. The number of nitrogens with zero attached hydrogens (tertiary/aromatic N) is 1. The van der Waals surface area contributed by atoms with Gasteiger partial charge in [-0.3, -0.25) is 0 Å². The number of anilines is 1. The number of likely N-dealkylation sites (N-methyl/N-ethyl adjacent to an activating group) is 1. The molecule has 3 N–H and O–H groups in total. The molecule has 1 aromatic heterocycles. The minimum absolute atomic E-state index is 0.00637. The van der Waals surface area contributed by atoms with Crippen LogP contribution in [-0.4, -0.2) is 12.0 Å². The molecular formula is C14H15BrFN3. The maximum Gasteiger partial charge on any atom is 0.123 e. The molecule has 0 bridgehead atoms. The summed E-state index contributed by atoms with van der Waals surface area (Å²) in [5, 5.41) is 3.20. The molecule has 0 amide bonds. The Morgan fingerprint density at radius 2 is 2.16 bits per heavy atom. The number of rotatable bonds is 4. The van der Waals surface area contributed by atoms with Crippen LogP contribution in [0.1, 0.15) is 17.2 Å². The standard InChI is InChI=1S/C14H15BrFN3/c1-18-13(6-9-4-5-19-14(17)7-9)11-8-10(16)2-3-12(11)15/h2-5,7-8,13,18H,6H2,1H3,(H2,17,19). The van der Waals surface area contributed by atoms with Gasteiger partial charge in [-0.2, -0.15) is 0 Å². The van der Waals surface area contributed by atoms with E-state index in [1.165, 1.54) is 12.1 Å². The number of pyridine rings is 1. The normalized spacial score (nSPS) is 12.4. The van der Waals surface area contributed by atoms with Crippen LogP contribution < -0.4 is 11.1 Å². The summed E-state index contributed by atoms with van der Waals surface area (Å²) in [6, 6.07) is 8.44. The lowest BCUT2D eigenvalue weighted by molar-refractivity contribution is 0.575. The van der Waals surface area contributed by atoms with Crippen LogP contribution in [0.3, 0.4) is 0 Å². The highest BCUT2D eigenvalue weighted by molar-refractivity contribution is 9.10. The molecule has 0 spiro atoms. The third kappa shape index (κ3) is 3.52. The Morgan fingerprint density at radius 3 is 2.84 bits per heavy atom. The van der Waals surface area contributed by atoms with E-state index in [9.17, 15) is 4.39 Å². The molecule has 1 atom stereocenters. The van der Waals surface area contributed by atoms with Crippen LogP contribution in [0, 0.1) is 5.82 Å². The molecule has 0 aliphatic rings. The first kappa shape index (κ1) is 14.0. The minimum atomic E-state index is -0.243. The van der Waals surface area contributed by atoms with E-state index < -0.39 is 0 Å². The average Bonchev–Trinajstić information content (AvgIpc) is 2.39. The second-order valence-corrected chi connectivity index (χ2v) is 5.15. The van der Waals surface area contributed by atoms with Crippen molar-refractivity contribution in [1.29, 1.82) is 0 Å². The maximum atomic E-state index is 13.4. The highest BCUT2D eigenvalue weighted by Crippen LogP contribution is 2.27. The first-order chi connectivity index (χ1) is 9.10. The summed E-state index contributed by atoms with van der Waals surface area (Å²) in [7, 11) is 1.85. The first-order valence-electron chi connectivity index (χ1n) is 5.92. The highest BCUT2D eigenvalue weighted by atomic mass is 79.9. The third-order valence-corrected chi connectivity index (χ3v) is 3.69. The lowest BCUT2D eigenvalue weighted by Gasteiger charge is -2.18. The molecule has 1 heterocycles. The van der Waals surface area contributed by atoms with Gasteiger partial charge in [0.15, 0.2) is 0 Å². The average molecular weight is 324 g/mol. The van der Waals surface area contributed by atoms with Crippen LogP contribution in [0.5, 0.6) is 0 Å². The molecular weight excluding hydrogens is 309 g/mol. The van der Waals surface area contributed by atoms with Crippen molar-refractivity contribution < 1.29 is 4.39 Å². The van der Waals surface area contributed by atoms with Crippen molar-refractivity contribution in [2.75, 3.05) is 12.8 Å². The van der Waals surface area contributed by atoms with E-state index in [-0.39, 0.29) is 11.9 Å². The summed E-state index contributed by atoms with van der Waals surface area (Å²) in [4.78, 5) is 3.97. The summed E-state index contributed by atoms with van der Waals surface area (Å²) in [5.41, 5.74) is 7.61. The van der Waals surface area contributed by atoms with E-state index in [1.807, 2.05) is 19.2 Å². The molecule has 5 heteroatoms. The van der Waals surface area contributed by atoms with Gasteiger partial charge >= 0.3 is 0 Å². The molecule has 0 saturated heterocycles. The van der Waals surface area contributed by atoms with E-state index >= 15 is 0 Å². The smallest absolute Gasteiger partial charge is 0.123 e. The summed E-state index contributed by atoms with van der Waals surface area (Å²) in [5.74, 6) is 0.248. The van der Waals surface area contributed by atoms with Gasteiger partial charge in [-0.05, 0) is 54.9 Å². The lowest BCUT2D eigenvalue weighted by Crippen LogP contribution is -2.19. The number of nitrogens with one attached hydrogen (secondary N) is 1. The Bertz CT molecular complexity index is 574.